The number of pyridine rings is 1. The van der Waals surface area contributed by atoms with E-state index in [1.165, 1.54) is 25.7 Å². The molecule has 96 valence electrons. The maximum absolute atomic E-state index is 9.96. The molecular weight excluding hydrogens is 214 g/mol. The third kappa shape index (κ3) is 5.18. The molecule has 0 aliphatic rings. The van der Waals surface area contributed by atoms with Crippen LogP contribution in [-0.2, 0) is 0 Å². The summed E-state index contributed by atoms with van der Waals surface area (Å²) in [6, 6.07) is 3.66. The average Bonchev–Trinajstić information content (AvgIpc) is 2.38. The highest BCUT2D eigenvalue weighted by Gasteiger charge is 2.07. The Kier molecular flexibility index (Phi) is 6.63. The number of unbranched alkanes of at least 4 members (excludes halogenated alkanes) is 4. The largest absolute Gasteiger partial charge is 0.481 e. The van der Waals surface area contributed by atoms with Crippen LogP contribution in [0.15, 0.2) is 18.3 Å². The normalized spacial score (nSPS) is 12.4. The number of aromatic nitrogens is 1. The van der Waals surface area contributed by atoms with E-state index in [2.05, 4.69) is 11.9 Å². The van der Waals surface area contributed by atoms with Gasteiger partial charge in [0, 0.05) is 12.3 Å². The third-order valence-electron chi connectivity index (χ3n) is 2.93. The zero-order chi connectivity index (χ0) is 12.5. The van der Waals surface area contributed by atoms with Gasteiger partial charge in [-0.2, -0.15) is 0 Å². The zero-order valence-corrected chi connectivity index (χ0v) is 10.9. The predicted octanol–water partition coefficient (Wildman–Crippen LogP) is 3.48. The van der Waals surface area contributed by atoms with Crippen LogP contribution in [0.4, 0.5) is 0 Å². The first-order chi connectivity index (χ1) is 8.27. The van der Waals surface area contributed by atoms with E-state index in [9.17, 15) is 5.11 Å². The van der Waals surface area contributed by atoms with Crippen molar-refractivity contribution in [3.05, 3.63) is 23.9 Å². The fraction of sp³-hybridized carbons (Fsp3) is 0.643. The minimum atomic E-state index is -0.393. The number of methoxy groups -OCH3 is 1. The molecule has 1 aromatic heterocycles. The molecule has 0 fully saturated rings. The topological polar surface area (TPSA) is 42.4 Å². The molecule has 1 unspecified atom stereocenters. The summed E-state index contributed by atoms with van der Waals surface area (Å²) >= 11 is 0. The molecule has 0 aliphatic heterocycles. The summed E-state index contributed by atoms with van der Waals surface area (Å²) in [6.07, 6.45) is 8.21. The molecule has 0 radical (unpaired) electrons. The first kappa shape index (κ1) is 14.0. The number of ether oxygens (including phenoxy) is 1. The highest BCUT2D eigenvalue weighted by molar-refractivity contribution is 5.19. The summed E-state index contributed by atoms with van der Waals surface area (Å²) < 4.78 is 4.98. The number of rotatable bonds is 8. The van der Waals surface area contributed by atoms with E-state index >= 15 is 0 Å². The van der Waals surface area contributed by atoms with Gasteiger partial charge in [-0.05, 0) is 18.1 Å². The van der Waals surface area contributed by atoms with Crippen LogP contribution in [0.5, 0.6) is 5.88 Å². The molecule has 3 heteroatoms. The Morgan fingerprint density at radius 1 is 1.24 bits per heavy atom. The molecule has 0 aromatic carbocycles. The van der Waals surface area contributed by atoms with Crippen LogP contribution < -0.4 is 4.74 Å². The molecule has 0 saturated heterocycles. The lowest BCUT2D eigenvalue weighted by Crippen LogP contribution is -1.98. The van der Waals surface area contributed by atoms with Crippen molar-refractivity contribution in [3.8, 4) is 5.88 Å². The number of aliphatic hydroxyl groups excluding tert-OH is 1. The maximum atomic E-state index is 9.96. The molecule has 0 spiro atoms. The van der Waals surface area contributed by atoms with Crippen LogP contribution in [0.1, 0.15) is 57.1 Å². The van der Waals surface area contributed by atoms with Gasteiger partial charge in [-0.25, -0.2) is 4.98 Å². The molecule has 0 amide bonds. The molecule has 3 nitrogen and oxygen atoms in total. The quantitative estimate of drug-likeness (QED) is 0.704. The first-order valence-electron chi connectivity index (χ1n) is 6.46. The SMILES string of the molecule is CCCCCCCC(O)c1ccc(OC)nc1. The summed E-state index contributed by atoms with van der Waals surface area (Å²) in [5.41, 5.74) is 0.876. The lowest BCUT2D eigenvalue weighted by molar-refractivity contribution is 0.163. The molecule has 0 saturated carbocycles. The fourth-order valence-corrected chi connectivity index (χ4v) is 1.82. The maximum Gasteiger partial charge on any atom is 0.212 e. The highest BCUT2D eigenvalue weighted by atomic mass is 16.5. The van der Waals surface area contributed by atoms with Crippen LogP contribution >= 0.6 is 0 Å². The van der Waals surface area contributed by atoms with Gasteiger partial charge in [-0.1, -0.05) is 39.0 Å². The molecular formula is C14H23NO2. The smallest absolute Gasteiger partial charge is 0.212 e. The van der Waals surface area contributed by atoms with E-state index in [0.717, 1.165) is 18.4 Å². The Morgan fingerprint density at radius 3 is 2.59 bits per heavy atom. The fourth-order valence-electron chi connectivity index (χ4n) is 1.82. The lowest BCUT2D eigenvalue weighted by atomic mass is 10.0. The standard InChI is InChI=1S/C14H23NO2/c1-3-4-5-6-7-8-13(16)12-9-10-14(17-2)15-11-12/h9-11,13,16H,3-8H2,1-2H3. The number of hydrogen-bond donors (Lipinski definition) is 1. The van der Waals surface area contributed by atoms with Crippen LogP contribution in [0, 0.1) is 0 Å². The van der Waals surface area contributed by atoms with Crippen molar-refractivity contribution >= 4 is 0 Å². The van der Waals surface area contributed by atoms with Crippen LogP contribution in [0.3, 0.4) is 0 Å². The van der Waals surface area contributed by atoms with Gasteiger partial charge in [0.25, 0.3) is 0 Å². The van der Waals surface area contributed by atoms with Crippen molar-refractivity contribution in [1.29, 1.82) is 0 Å². The number of nitrogens with zero attached hydrogens (tertiary/aromatic N) is 1. The van der Waals surface area contributed by atoms with Crippen molar-refractivity contribution < 1.29 is 9.84 Å². The molecule has 0 bridgehead atoms. The van der Waals surface area contributed by atoms with Gasteiger partial charge in [0.1, 0.15) is 0 Å². The van der Waals surface area contributed by atoms with E-state index in [1.807, 2.05) is 6.07 Å². The average molecular weight is 237 g/mol. The van der Waals surface area contributed by atoms with Crippen LogP contribution in [0.2, 0.25) is 0 Å². The van der Waals surface area contributed by atoms with Gasteiger partial charge < -0.3 is 9.84 Å². The van der Waals surface area contributed by atoms with Gasteiger partial charge in [-0.3, -0.25) is 0 Å². The Bertz CT molecular complexity index is 298. The minimum Gasteiger partial charge on any atom is -0.481 e. The van der Waals surface area contributed by atoms with E-state index in [0.29, 0.717) is 5.88 Å². The lowest BCUT2D eigenvalue weighted by Gasteiger charge is -2.10. The predicted molar refractivity (Wildman–Crippen MR) is 69.1 cm³/mol. The van der Waals surface area contributed by atoms with E-state index in [-0.39, 0.29) is 0 Å². The second-order valence-corrected chi connectivity index (χ2v) is 4.35. The summed E-state index contributed by atoms with van der Waals surface area (Å²) in [6.45, 7) is 2.21. The Hall–Kier alpha value is -1.09. The molecule has 17 heavy (non-hydrogen) atoms. The number of aliphatic hydroxyl groups is 1. The Balaban J connectivity index is 2.28. The second kappa shape index (κ2) is 8.07. The monoisotopic (exact) mass is 237 g/mol. The second-order valence-electron chi connectivity index (χ2n) is 4.35. The van der Waals surface area contributed by atoms with Crippen molar-refractivity contribution in [2.24, 2.45) is 0 Å². The van der Waals surface area contributed by atoms with Gasteiger partial charge in [0.05, 0.1) is 13.2 Å². The van der Waals surface area contributed by atoms with Gasteiger partial charge in [-0.15, -0.1) is 0 Å². The molecule has 1 atom stereocenters. The summed E-state index contributed by atoms with van der Waals surface area (Å²) in [5.74, 6) is 0.587. The number of hydrogen-bond acceptors (Lipinski definition) is 3. The molecule has 1 N–H and O–H groups in total. The van der Waals surface area contributed by atoms with Crippen LogP contribution in [0.25, 0.3) is 0 Å². The first-order valence-corrected chi connectivity index (χ1v) is 6.46. The van der Waals surface area contributed by atoms with Crippen molar-refractivity contribution in [2.75, 3.05) is 7.11 Å². The van der Waals surface area contributed by atoms with E-state index < -0.39 is 6.10 Å². The third-order valence-corrected chi connectivity index (χ3v) is 2.93. The van der Waals surface area contributed by atoms with Crippen molar-refractivity contribution in [3.63, 3.8) is 0 Å². The van der Waals surface area contributed by atoms with E-state index in [4.69, 9.17) is 4.74 Å². The minimum absolute atomic E-state index is 0.393. The van der Waals surface area contributed by atoms with Crippen LogP contribution in [-0.4, -0.2) is 17.2 Å². The molecule has 1 heterocycles. The van der Waals surface area contributed by atoms with E-state index in [1.54, 1.807) is 19.4 Å². The Morgan fingerprint density at radius 2 is 2.00 bits per heavy atom. The van der Waals surface area contributed by atoms with Gasteiger partial charge in [0.2, 0.25) is 5.88 Å². The summed E-state index contributed by atoms with van der Waals surface area (Å²) in [5, 5.41) is 9.96. The summed E-state index contributed by atoms with van der Waals surface area (Å²) in [4.78, 5) is 4.09. The molecule has 0 aliphatic carbocycles. The molecule has 1 aromatic rings. The highest BCUT2D eigenvalue weighted by Crippen LogP contribution is 2.20. The van der Waals surface area contributed by atoms with Crippen molar-refractivity contribution in [1.82, 2.24) is 4.98 Å². The van der Waals surface area contributed by atoms with Gasteiger partial charge in [0.15, 0.2) is 0 Å². The van der Waals surface area contributed by atoms with Gasteiger partial charge >= 0.3 is 0 Å². The Labute approximate surface area is 104 Å². The zero-order valence-electron chi connectivity index (χ0n) is 10.9. The molecule has 1 rings (SSSR count). The summed E-state index contributed by atoms with van der Waals surface area (Å²) in [7, 11) is 1.59. The van der Waals surface area contributed by atoms with Crippen molar-refractivity contribution in [2.45, 2.75) is 51.6 Å².